The van der Waals surface area contributed by atoms with Crippen LogP contribution in [-0.2, 0) is 21.7 Å². The van der Waals surface area contributed by atoms with Crippen LogP contribution in [0.25, 0.3) is 100 Å². The minimum absolute atomic E-state index is 0.00543. The van der Waals surface area contributed by atoms with Gasteiger partial charge in [0.2, 0.25) is 0 Å². The lowest BCUT2D eigenvalue weighted by molar-refractivity contribution is -0.172. The second-order valence-corrected chi connectivity index (χ2v) is 23.7. The van der Waals surface area contributed by atoms with E-state index < -0.39 is 40.2 Å². The topological polar surface area (TPSA) is 0 Å². The molecule has 9 heteroatoms. The highest BCUT2D eigenvalue weighted by Crippen LogP contribution is 2.62. The van der Waals surface area contributed by atoms with Crippen LogP contribution >= 0.6 is 0 Å². The molecule has 14 rings (SSSR count). The van der Waals surface area contributed by atoms with Crippen molar-refractivity contribution in [1.82, 2.24) is 0 Å². The fourth-order valence-electron chi connectivity index (χ4n) is 14.3. The lowest BCUT2D eigenvalue weighted by Gasteiger charge is -2.31. The molecule has 0 bridgehead atoms. The molecule has 4 aliphatic rings. The lowest BCUT2D eigenvalue weighted by atomic mass is 9.76. The highest BCUT2D eigenvalue weighted by atomic mass is 19.4. The summed E-state index contributed by atoms with van der Waals surface area (Å²) in [5.41, 5.74) is 6.67. The van der Waals surface area contributed by atoms with Crippen LogP contribution in [0.5, 0.6) is 0 Å². The monoisotopic (exact) mass is 1100 g/mol. The number of aryl methyl sites for hydroxylation is 1. The molecule has 0 spiro atoms. The Morgan fingerprint density at radius 3 is 0.951 bits per heavy atom. The highest BCUT2D eigenvalue weighted by Gasteiger charge is 2.61. The Morgan fingerprint density at radius 1 is 0.232 bits per heavy atom. The molecule has 406 valence electrons. The van der Waals surface area contributed by atoms with Crippen LogP contribution in [0, 0.1) is 6.92 Å². The van der Waals surface area contributed by atoms with E-state index in [9.17, 15) is 0 Å². The van der Waals surface area contributed by atoms with Gasteiger partial charge >= 0.3 is 18.5 Å². The molecule has 4 aliphatic carbocycles. The summed E-state index contributed by atoms with van der Waals surface area (Å²) in [6, 6.07) is 59.4. The molecule has 0 aliphatic heterocycles. The van der Waals surface area contributed by atoms with E-state index in [4.69, 9.17) is 0 Å². The molecule has 0 nitrogen and oxygen atoms in total. The molecular weight excluding hydrogens is 1050 g/mol. The van der Waals surface area contributed by atoms with Gasteiger partial charge in [0.1, 0.15) is 16.2 Å². The fourth-order valence-corrected chi connectivity index (χ4v) is 14.3. The number of rotatable bonds is 5. The number of hydrogen-bond donors (Lipinski definition) is 0. The van der Waals surface area contributed by atoms with Crippen LogP contribution in [-0.4, -0.2) is 18.5 Å². The molecule has 0 amide bonds. The number of benzene rings is 10. The molecule has 0 heterocycles. The maximum absolute atomic E-state index is 16.3. The number of fused-ring (bicyclic) bond motifs is 12. The van der Waals surface area contributed by atoms with Crippen LogP contribution in [0.1, 0.15) is 84.7 Å². The Morgan fingerprint density at radius 2 is 0.537 bits per heavy atom. The Bertz CT molecular complexity index is 4370. The van der Waals surface area contributed by atoms with Gasteiger partial charge in [-0.1, -0.05) is 166 Å². The summed E-state index contributed by atoms with van der Waals surface area (Å²) >= 11 is 0. The van der Waals surface area contributed by atoms with Crippen LogP contribution in [0.2, 0.25) is 0 Å². The average molecular weight is 1100 g/mol. The molecule has 0 aromatic heterocycles. The molecule has 3 unspecified atom stereocenters. The number of halogens is 9. The number of hydrogen-bond acceptors (Lipinski definition) is 0. The van der Waals surface area contributed by atoms with Crippen LogP contribution in [0.3, 0.4) is 0 Å². The van der Waals surface area contributed by atoms with E-state index in [1.807, 2.05) is 54.6 Å². The molecule has 10 aromatic rings. The normalized spacial score (nSPS) is 19.6. The maximum atomic E-state index is 16.3. The molecule has 0 radical (unpaired) electrons. The quantitative estimate of drug-likeness (QED) is 0.151. The van der Waals surface area contributed by atoms with Crippen molar-refractivity contribution in [1.29, 1.82) is 0 Å². The van der Waals surface area contributed by atoms with E-state index in [2.05, 4.69) is 57.2 Å². The summed E-state index contributed by atoms with van der Waals surface area (Å²) in [4.78, 5) is 0. The van der Waals surface area contributed by atoms with Crippen molar-refractivity contribution in [2.45, 2.75) is 81.7 Å². The molecular formula is C73H51F9. The summed E-state index contributed by atoms with van der Waals surface area (Å²) in [5.74, 6) is 0. The minimum Gasteiger partial charge on any atom is -0.170 e. The molecule has 3 atom stereocenters. The van der Waals surface area contributed by atoms with Crippen LogP contribution < -0.4 is 0 Å². The predicted octanol–water partition coefficient (Wildman–Crippen LogP) is 21.2. The van der Waals surface area contributed by atoms with E-state index >= 15 is 39.5 Å². The van der Waals surface area contributed by atoms with Crippen LogP contribution in [0.4, 0.5) is 39.5 Å². The van der Waals surface area contributed by atoms with Crippen molar-refractivity contribution < 1.29 is 39.5 Å². The molecule has 0 saturated carbocycles. The van der Waals surface area contributed by atoms with E-state index in [1.54, 1.807) is 78.9 Å². The third kappa shape index (κ3) is 6.94. The van der Waals surface area contributed by atoms with Crippen molar-refractivity contribution >= 4 is 0 Å². The third-order valence-electron chi connectivity index (χ3n) is 19.1. The summed E-state index contributed by atoms with van der Waals surface area (Å²) in [5, 5.41) is 0. The van der Waals surface area contributed by atoms with Crippen molar-refractivity contribution in [3.05, 3.63) is 250 Å². The van der Waals surface area contributed by atoms with E-state index in [0.717, 1.165) is 63.9 Å². The smallest absolute Gasteiger partial charge is 0.170 e. The average Bonchev–Trinajstić information content (AvgIpc) is 4.15. The Labute approximate surface area is 469 Å². The summed E-state index contributed by atoms with van der Waals surface area (Å²) in [7, 11) is 0. The van der Waals surface area contributed by atoms with Crippen LogP contribution in [0.15, 0.2) is 200 Å². The molecule has 82 heavy (non-hydrogen) atoms. The molecule has 0 fully saturated rings. The number of alkyl halides is 9. The first-order valence-electron chi connectivity index (χ1n) is 27.3. The summed E-state index contributed by atoms with van der Waals surface area (Å²) in [6.45, 7) is 9.93. The zero-order valence-electron chi connectivity index (χ0n) is 45.5. The fraction of sp³-hybridized carbons (Fsp3) is 0.178. The van der Waals surface area contributed by atoms with Gasteiger partial charge in [-0.05, 0) is 226 Å². The lowest BCUT2D eigenvalue weighted by Crippen LogP contribution is -2.39. The Hall–Kier alpha value is -8.43. The minimum atomic E-state index is -4.87. The van der Waals surface area contributed by atoms with Gasteiger partial charge in [0, 0.05) is 5.41 Å². The SMILES string of the molecule is Cc1cc2c(cc1-c1ccccc1)-c1cc(-c3ccccc3)c(-c3ccc4c(c3)C(C)(C(F)(F)F)c3cc(-c5ccc6c(c5)C(C)(C(F)(F)F)c5cc(-c7ccc8c(c7)C(C)(C(F)(F)F)c7ccccc7-8)ccc5-6)ccc3-4)cc1C2(C)C. The Kier molecular flexibility index (Phi) is 10.8. The van der Waals surface area contributed by atoms with Crippen molar-refractivity contribution in [2.24, 2.45) is 0 Å². The zero-order chi connectivity index (χ0) is 57.4. The first-order valence-corrected chi connectivity index (χ1v) is 27.3. The second kappa shape index (κ2) is 17.1. The highest BCUT2D eigenvalue weighted by molar-refractivity contribution is 5.96. The van der Waals surface area contributed by atoms with E-state index in [-0.39, 0.29) is 33.4 Å². The molecule has 0 saturated heterocycles. The van der Waals surface area contributed by atoms with Gasteiger partial charge in [0.15, 0.2) is 0 Å². The van der Waals surface area contributed by atoms with Gasteiger partial charge in [-0.15, -0.1) is 0 Å². The standard InChI is InChI=1S/C73H51F9/c1-40-31-60-57(37-54(40)41-15-9-7-10-16-41)58-38-55(42-17-11-8-12-18-42)56(39-61(58)67(60,2)3)47-25-30-53-52-29-24-46(35-65(52)70(6,66(53)36-47)73(80,81)82)45-23-28-51-50-27-22-44(33-63(50)69(5,64(51)34-45)72(77,78)79)43-21-26-49-48-19-13-14-20-59(48)68(4,62(49)32-43)71(74,75)76/h7-39H,1-6H3. The summed E-state index contributed by atoms with van der Waals surface area (Å²) in [6.07, 6.45) is -14.3. The third-order valence-corrected chi connectivity index (χ3v) is 19.1. The molecule has 10 aromatic carbocycles. The zero-order valence-corrected chi connectivity index (χ0v) is 45.5. The molecule has 0 N–H and O–H groups in total. The van der Waals surface area contributed by atoms with Crippen molar-refractivity contribution in [3.63, 3.8) is 0 Å². The van der Waals surface area contributed by atoms with Gasteiger partial charge in [-0.25, -0.2) is 0 Å². The largest absolute Gasteiger partial charge is 0.402 e. The first-order chi connectivity index (χ1) is 38.9. The van der Waals surface area contributed by atoms with Gasteiger partial charge in [0.25, 0.3) is 0 Å². The maximum Gasteiger partial charge on any atom is 0.402 e. The summed E-state index contributed by atoms with van der Waals surface area (Å²) < 4.78 is 142. The van der Waals surface area contributed by atoms with Gasteiger partial charge < -0.3 is 0 Å². The van der Waals surface area contributed by atoms with Gasteiger partial charge in [-0.3, -0.25) is 0 Å². The second-order valence-electron chi connectivity index (χ2n) is 23.7. The van der Waals surface area contributed by atoms with Crippen molar-refractivity contribution in [3.8, 4) is 100 Å². The van der Waals surface area contributed by atoms with Gasteiger partial charge in [0.05, 0.1) is 0 Å². The van der Waals surface area contributed by atoms with Gasteiger partial charge in [-0.2, -0.15) is 39.5 Å². The van der Waals surface area contributed by atoms with Crippen molar-refractivity contribution in [2.75, 3.05) is 0 Å². The Balaban J connectivity index is 0.854. The van der Waals surface area contributed by atoms with E-state index in [1.165, 1.54) is 42.8 Å². The van der Waals surface area contributed by atoms with E-state index in [0.29, 0.717) is 61.2 Å². The first kappa shape index (κ1) is 51.7. The predicted molar refractivity (Wildman–Crippen MR) is 310 cm³/mol.